The molecule has 20 heavy (non-hydrogen) atoms. The quantitative estimate of drug-likeness (QED) is 0.707. The summed E-state index contributed by atoms with van der Waals surface area (Å²) in [6.07, 6.45) is 2.38. The molecular weight excluding hydrogens is 260 g/mol. The van der Waals surface area contributed by atoms with Crippen molar-refractivity contribution in [1.82, 2.24) is 10.2 Å². The summed E-state index contributed by atoms with van der Waals surface area (Å²) in [4.78, 5) is 25.2. The molecule has 1 aliphatic heterocycles. The molecule has 2 amide bonds. The molecule has 0 aromatic carbocycles. The van der Waals surface area contributed by atoms with Crippen molar-refractivity contribution in [3.05, 3.63) is 0 Å². The van der Waals surface area contributed by atoms with E-state index in [2.05, 4.69) is 5.32 Å². The van der Waals surface area contributed by atoms with Crippen LogP contribution in [0, 0.1) is 11.3 Å². The number of carbonyl (C=O) groups excluding carboxylic acids is 1. The lowest BCUT2D eigenvalue weighted by Crippen LogP contribution is -2.55. The van der Waals surface area contributed by atoms with Crippen LogP contribution in [0.5, 0.6) is 0 Å². The molecule has 2 rings (SSSR count). The molecular formula is C14H24N2O4. The standard InChI is InChI=1S/C14H24N2O4/c1-9-5-7-16(8-10(9)17)13(20)15-11-4-3-6-14(11,2)12(18)19/h9-11,17H,3-8H2,1-2H3,(H,15,20)(H,18,19). The Morgan fingerprint density at radius 2 is 2.05 bits per heavy atom. The number of nitrogens with one attached hydrogen (secondary N) is 1. The lowest BCUT2D eigenvalue weighted by Gasteiger charge is -2.36. The Morgan fingerprint density at radius 1 is 1.35 bits per heavy atom. The number of carboxylic acids is 1. The Labute approximate surface area is 119 Å². The number of aliphatic hydroxyl groups excluding tert-OH is 1. The first-order valence-corrected chi connectivity index (χ1v) is 7.31. The van der Waals surface area contributed by atoms with E-state index >= 15 is 0 Å². The Balaban J connectivity index is 1.96. The molecule has 4 atom stereocenters. The molecule has 0 spiro atoms. The number of hydrogen-bond donors (Lipinski definition) is 3. The molecule has 2 aliphatic rings. The third-order valence-electron chi connectivity index (χ3n) is 4.95. The number of piperidine rings is 1. The van der Waals surface area contributed by atoms with Gasteiger partial charge < -0.3 is 20.4 Å². The van der Waals surface area contributed by atoms with Gasteiger partial charge in [0.2, 0.25) is 0 Å². The summed E-state index contributed by atoms with van der Waals surface area (Å²) in [5, 5.41) is 22.0. The van der Waals surface area contributed by atoms with Gasteiger partial charge in [0, 0.05) is 19.1 Å². The second-order valence-corrected chi connectivity index (χ2v) is 6.40. The van der Waals surface area contributed by atoms with Crippen molar-refractivity contribution < 1.29 is 19.8 Å². The first-order chi connectivity index (χ1) is 9.34. The first-order valence-electron chi connectivity index (χ1n) is 7.31. The van der Waals surface area contributed by atoms with E-state index in [-0.39, 0.29) is 18.0 Å². The molecule has 1 aliphatic carbocycles. The van der Waals surface area contributed by atoms with Crippen molar-refractivity contribution in [3.63, 3.8) is 0 Å². The number of hydrogen-bond acceptors (Lipinski definition) is 3. The third kappa shape index (κ3) is 2.75. The van der Waals surface area contributed by atoms with Crippen LogP contribution < -0.4 is 5.32 Å². The zero-order chi connectivity index (χ0) is 14.9. The summed E-state index contributed by atoms with van der Waals surface area (Å²) in [5.74, 6) is -0.651. The number of nitrogens with zero attached hydrogens (tertiary/aromatic N) is 1. The molecule has 0 aromatic heterocycles. The van der Waals surface area contributed by atoms with Crippen molar-refractivity contribution >= 4 is 12.0 Å². The summed E-state index contributed by atoms with van der Waals surface area (Å²) < 4.78 is 0. The van der Waals surface area contributed by atoms with Gasteiger partial charge in [-0.25, -0.2) is 4.79 Å². The van der Waals surface area contributed by atoms with E-state index in [1.807, 2.05) is 6.92 Å². The molecule has 1 saturated heterocycles. The van der Waals surface area contributed by atoms with Crippen molar-refractivity contribution in [3.8, 4) is 0 Å². The van der Waals surface area contributed by atoms with Gasteiger partial charge in [0.1, 0.15) is 0 Å². The average molecular weight is 284 g/mol. The number of likely N-dealkylation sites (tertiary alicyclic amines) is 1. The molecule has 2 fully saturated rings. The lowest BCUT2D eigenvalue weighted by molar-refractivity contribution is -0.148. The van der Waals surface area contributed by atoms with E-state index in [9.17, 15) is 19.8 Å². The smallest absolute Gasteiger partial charge is 0.317 e. The maximum absolute atomic E-state index is 12.2. The van der Waals surface area contributed by atoms with Crippen LogP contribution in [-0.2, 0) is 4.79 Å². The van der Waals surface area contributed by atoms with E-state index in [0.29, 0.717) is 25.9 Å². The van der Waals surface area contributed by atoms with Crippen LogP contribution in [-0.4, -0.2) is 52.3 Å². The molecule has 1 heterocycles. The maximum Gasteiger partial charge on any atom is 0.317 e. The molecule has 3 N–H and O–H groups in total. The van der Waals surface area contributed by atoms with Crippen molar-refractivity contribution in [2.24, 2.45) is 11.3 Å². The van der Waals surface area contributed by atoms with Gasteiger partial charge in [0.25, 0.3) is 0 Å². The minimum Gasteiger partial charge on any atom is -0.481 e. The molecule has 0 bridgehead atoms. The highest BCUT2D eigenvalue weighted by molar-refractivity contribution is 5.79. The predicted molar refractivity (Wildman–Crippen MR) is 73.3 cm³/mol. The highest BCUT2D eigenvalue weighted by atomic mass is 16.4. The van der Waals surface area contributed by atoms with E-state index in [1.165, 1.54) is 0 Å². The fourth-order valence-corrected chi connectivity index (χ4v) is 3.13. The fraction of sp³-hybridized carbons (Fsp3) is 0.857. The third-order valence-corrected chi connectivity index (χ3v) is 4.95. The molecule has 1 saturated carbocycles. The second kappa shape index (κ2) is 5.60. The van der Waals surface area contributed by atoms with Crippen molar-refractivity contribution in [2.45, 2.75) is 51.7 Å². The van der Waals surface area contributed by atoms with E-state index in [1.54, 1.807) is 11.8 Å². The van der Waals surface area contributed by atoms with Crippen LogP contribution in [0.4, 0.5) is 4.79 Å². The molecule has 0 aromatic rings. The van der Waals surface area contributed by atoms with Crippen LogP contribution in [0.15, 0.2) is 0 Å². The van der Waals surface area contributed by atoms with E-state index in [4.69, 9.17) is 0 Å². The van der Waals surface area contributed by atoms with Gasteiger partial charge >= 0.3 is 12.0 Å². The Morgan fingerprint density at radius 3 is 2.65 bits per heavy atom. The molecule has 6 heteroatoms. The minimum atomic E-state index is -0.878. The molecule has 6 nitrogen and oxygen atoms in total. The number of amides is 2. The normalized spacial score (nSPS) is 37.8. The summed E-state index contributed by atoms with van der Waals surface area (Å²) >= 11 is 0. The van der Waals surface area contributed by atoms with Gasteiger partial charge in [-0.15, -0.1) is 0 Å². The Hall–Kier alpha value is -1.30. The fourth-order valence-electron chi connectivity index (χ4n) is 3.13. The number of β-amino-alcohol motifs (C(OH)–C–C–N with tert-alkyl or cyclic N) is 1. The largest absolute Gasteiger partial charge is 0.481 e. The van der Waals surface area contributed by atoms with Gasteiger partial charge in [-0.05, 0) is 32.1 Å². The average Bonchev–Trinajstić information content (AvgIpc) is 2.75. The van der Waals surface area contributed by atoms with Crippen LogP contribution in [0.1, 0.15) is 39.5 Å². The zero-order valence-corrected chi connectivity index (χ0v) is 12.1. The first kappa shape index (κ1) is 15.1. The summed E-state index contributed by atoms with van der Waals surface area (Å²) in [6.45, 7) is 4.60. The van der Waals surface area contributed by atoms with Crippen LogP contribution in [0.2, 0.25) is 0 Å². The van der Waals surface area contributed by atoms with Crippen molar-refractivity contribution in [2.75, 3.05) is 13.1 Å². The van der Waals surface area contributed by atoms with Crippen molar-refractivity contribution in [1.29, 1.82) is 0 Å². The summed E-state index contributed by atoms with van der Waals surface area (Å²) in [7, 11) is 0. The monoisotopic (exact) mass is 284 g/mol. The summed E-state index contributed by atoms with van der Waals surface area (Å²) in [5.41, 5.74) is -0.878. The number of carboxylic acid groups (broad SMARTS) is 1. The van der Waals surface area contributed by atoms with Crippen LogP contribution in [0.3, 0.4) is 0 Å². The number of aliphatic hydroxyl groups is 1. The van der Waals surface area contributed by atoms with Crippen LogP contribution >= 0.6 is 0 Å². The lowest BCUT2D eigenvalue weighted by atomic mass is 9.85. The predicted octanol–water partition coefficient (Wildman–Crippen LogP) is 1.04. The van der Waals surface area contributed by atoms with Gasteiger partial charge in [-0.1, -0.05) is 13.3 Å². The van der Waals surface area contributed by atoms with Gasteiger partial charge in [0.15, 0.2) is 0 Å². The zero-order valence-electron chi connectivity index (χ0n) is 12.1. The molecule has 114 valence electrons. The van der Waals surface area contributed by atoms with Gasteiger partial charge in [-0.2, -0.15) is 0 Å². The molecule has 0 radical (unpaired) electrons. The van der Waals surface area contributed by atoms with Gasteiger partial charge in [-0.3, -0.25) is 4.79 Å². The number of aliphatic carboxylic acids is 1. The Kier molecular flexibility index (Phi) is 4.22. The number of carbonyl (C=O) groups is 2. The second-order valence-electron chi connectivity index (χ2n) is 6.40. The van der Waals surface area contributed by atoms with Crippen LogP contribution in [0.25, 0.3) is 0 Å². The number of urea groups is 1. The topological polar surface area (TPSA) is 89.9 Å². The highest BCUT2D eigenvalue weighted by Crippen LogP contribution is 2.38. The summed E-state index contributed by atoms with van der Waals surface area (Å²) in [6, 6.07) is -0.584. The molecule has 4 unspecified atom stereocenters. The highest BCUT2D eigenvalue weighted by Gasteiger charge is 2.46. The maximum atomic E-state index is 12.2. The Bertz CT molecular complexity index is 401. The van der Waals surface area contributed by atoms with Gasteiger partial charge in [0.05, 0.1) is 11.5 Å². The number of rotatable bonds is 2. The minimum absolute atomic E-state index is 0.204. The van der Waals surface area contributed by atoms with E-state index in [0.717, 1.165) is 12.8 Å². The van der Waals surface area contributed by atoms with E-state index < -0.39 is 17.5 Å². The SMILES string of the molecule is CC1CCN(C(=O)NC2CCCC2(C)C(=O)O)CC1O.